The number of rotatable bonds is 6. The van der Waals surface area contributed by atoms with Crippen LogP contribution >= 0.6 is 0 Å². The normalized spacial score (nSPS) is 10.4. The number of nitrogens with one attached hydrogen (secondary N) is 2. The monoisotopic (exact) mass is 368 g/mol. The van der Waals surface area contributed by atoms with Gasteiger partial charge in [0.2, 0.25) is 0 Å². The number of hydrogen-bond acceptors (Lipinski definition) is 4. The SMILES string of the molecule is CCN(c1ccc(C(=O)NNC(=O)c2cccc(N(C)C)c2)cc1)C(C)C. The number of benzene rings is 2. The van der Waals surface area contributed by atoms with Crippen LogP contribution in [0.1, 0.15) is 41.5 Å². The Morgan fingerprint density at radius 2 is 1.48 bits per heavy atom. The van der Waals surface area contributed by atoms with Gasteiger partial charge in [-0.3, -0.25) is 20.4 Å². The van der Waals surface area contributed by atoms with Gasteiger partial charge in [0.05, 0.1) is 0 Å². The Labute approximate surface area is 161 Å². The van der Waals surface area contributed by atoms with Crippen LogP contribution in [0.5, 0.6) is 0 Å². The summed E-state index contributed by atoms with van der Waals surface area (Å²) >= 11 is 0. The Balaban J connectivity index is 1.99. The lowest BCUT2D eigenvalue weighted by Gasteiger charge is -2.27. The van der Waals surface area contributed by atoms with E-state index in [1.165, 1.54) is 0 Å². The van der Waals surface area contributed by atoms with Crippen molar-refractivity contribution in [1.82, 2.24) is 10.9 Å². The molecule has 27 heavy (non-hydrogen) atoms. The molecule has 2 rings (SSSR count). The minimum Gasteiger partial charge on any atom is -0.378 e. The van der Waals surface area contributed by atoms with Crippen LogP contribution in [0.4, 0.5) is 11.4 Å². The molecule has 6 heteroatoms. The average Bonchev–Trinajstić information content (AvgIpc) is 2.66. The van der Waals surface area contributed by atoms with Crippen molar-refractivity contribution in [2.75, 3.05) is 30.4 Å². The molecular weight excluding hydrogens is 340 g/mol. The van der Waals surface area contributed by atoms with Crippen molar-refractivity contribution in [1.29, 1.82) is 0 Å². The molecule has 0 unspecified atom stereocenters. The first kappa shape index (κ1) is 20.3. The molecule has 0 aromatic heterocycles. The third-order valence-corrected chi connectivity index (χ3v) is 4.34. The zero-order chi connectivity index (χ0) is 20.0. The maximum absolute atomic E-state index is 12.3. The fraction of sp³-hybridized carbons (Fsp3) is 0.333. The molecule has 0 heterocycles. The number of amides is 2. The summed E-state index contributed by atoms with van der Waals surface area (Å²) < 4.78 is 0. The van der Waals surface area contributed by atoms with Crippen LogP contribution in [0.3, 0.4) is 0 Å². The second-order valence-electron chi connectivity index (χ2n) is 6.78. The molecule has 2 aromatic carbocycles. The van der Waals surface area contributed by atoms with E-state index >= 15 is 0 Å². The molecule has 2 amide bonds. The molecule has 0 aliphatic heterocycles. The van der Waals surface area contributed by atoms with E-state index in [-0.39, 0.29) is 11.8 Å². The number of anilines is 2. The molecule has 0 saturated carbocycles. The number of carbonyl (C=O) groups excluding carboxylic acids is 2. The van der Waals surface area contributed by atoms with Gasteiger partial charge in [0.15, 0.2) is 0 Å². The third kappa shape index (κ3) is 5.23. The first-order valence-corrected chi connectivity index (χ1v) is 9.08. The van der Waals surface area contributed by atoms with Gasteiger partial charge >= 0.3 is 0 Å². The fourth-order valence-corrected chi connectivity index (χ4v) is 2.83. The quantitative estimate of drug-likeness (QED) is 0.769. The second-order valence-corrected chi connectivity index (χ2v) is 6.78. The van der Waals surface area contributed by atoms with Crippen molar-refractivity contribution in [2.45, 2.75) is 26.8 Å². The molecule has 144 valence electrons. The lowest BCUT2D eigenvalue weighted by molar-refractivity contribution is 0.0846. The van der Waals surface area contributed by atoms with E-state index in [1.54, 1.807) is 30.3 Å². The molecule has 0 saturated heterocycles. The van der Waals surface area contributed by atoms with E-state index < -0.39 is 0 Å². The van der Waals surface area contributed by atoms with Crippen molar-refractivity contribution >= 4 is 23.2 Å². The minimum absolute atomic E-state index is 0.355. The van der Waals surface area contributed by atoms with Crippen LogP contribution < -0.4 is 20.7 Å². The van der Waals surface area contributed by atoms with Crippen molar-refractivity contribution < 1.29 is 9.59 Å². The van der Waals surface area contributed by atoms with Gasteiger partial charge in [0, 0.05) is 49.2 Å². The van der Waals surface area contributed by atoms with Gasteiger partial charge < -0.3 is 9.80 Å². The highest BCUT2D eigenvalue weighted by Crippen LogP contribution is 2.17. The largest absolute Gasteiger partial charge is 0.378 e. The lowest BCUT2D eigenvalue weighted by atomic mass is 10.1. The van der Waals surface area contributed by atoms with Crippen molar-refractivity contribution in [3.63, 3.8) is 0 Å². The zero-order valence-electron chi connectivity index (χ0n) is 16.6. The van der Waals surface area contributed by atoms with Gasteiger partial charge in [-0.25, -0.2) is 0 Å². The second kappa shape index (κ2) is 9.07. The fourth-order valence-electron chi connectivity index (χ4n) is 2.83. The standard InChI is InChI=1S/C21H28N4O2/c1-6-25(15(2)3)18-12-10-16(11-13-18)20(26)22-23-21(27)17-8-7-9-19(14-17)24(4)5/h7-15H,6H2,1-5H3,(H,22,26)(H,23,27). The highest BCUT2D eigenvalue weighted by molar-refractivity contribution is 5.99. The molecule has 0 radical (unpaired) electrons. The lowest BCUT2D eigenvalue weighted by Crippen LogP contribution is -2.41. The first-order valence-electron chi connectivity index (χ1n) is 9.08. The topological polar surface area (TPSA) is 64.7 Å². The van der Waals surface area contributed by atoms with Crippen LogP contribution in [-0.4, -0.2) is 38.5 Å². The number of carbonyl (C=O) groups is 2. The zero-order valence-corrected chi connectivity index (χ0v) is 16.6. The van der Waals surface area contributed by atoms with Crippen LogP contribution in [-0.2, 0) is 0 Å². The van der Waals surface area contributed by atoms with Crippen LogP contribution in [0.2, 0.25) is 0 Å². The Morgan fingerprint density at radius 1 is 0.889 bits per heavy atom. The van der Waals surface area contributed by atoms with E-state index in [0.29, 0.717) is 17.2 Å². The Kier molecular flexibility index (Phi) is 6.82. The van der Waals surface area contributed by atoms with Gasteiger partial charge in [-0.05, 0) is 63.2 Å². The number of hydrogen-bond donors (Lipinski definition) is 2. The highest BCUT2D eigenvalue weighted by atomic mass is 16.2. The van der Waals surface area contributed by atoms with Gasteiger partial charge in [-0.15, -0.1) is 0 Å². The molecule has 2 aromatic rings. The first-order chi connectivity index (χ1) is 12.8. The smallest absolute Gasteiger partial charge is 0.269 e. The van der Waals surface area contributed by atoms with E-state index in [9.17, 15) is 9.59 Å². The van der Waals surface area contributed by atoms with E-state index in [2.05, 4.69) is 36.5 Å². The highest BCUT2D eigenvalue weighted by Gasteiger charge is 2.12. The summed E-state index contributed by atoms with van der Waals surface area (Å²) in [7, 11) is 3.81. The van der Waals surface area contributed by atoms with Gasteiger partial charge in [-0.1, -0.05) is 6.07 Å². The molecule has 0 aliphatic rings. The van der Waals surface area contributed by atoms with Crippen LogP contribution in [0.15, 0.2) is 48.5 Å². The van der Waals surface area contributed by atoms with Gasteiger partial charge in [0.1, 0.15) is 0 Å². The molecule has 0 fully saturated rings. The Morgan fingerprint density at radius 3 is 2.00 bits per heavy atom. The van der Waals surface area contributed by atoms with E-state index in [1.807, 2.05) is 37.2 Å². The molecule has 0 atom stereocenters. The predicted octanol–water partition coefficient (Wildman–Crippen LogP) is 3.06. The summed E-state index contributed by atoms with van der Waals surface area (Å²) in [4.78, 5) is 28.7. The third-order valence-electron chi connectivity index (χ3n) is 4.34. The predicted molar refractivity (Wildman–Crippen MR) is 110 cm³/mol. The summed E-state index contributed by atoms with van der Waals surface area (Å²) in [5.74, 6) is -0.716. The van der Waals surface area contributed by atoms with E-state index in [4.69, 9.17) is 0 Å². The van der Waals surface area contributed by atoms with Crippen LogP contribution in [0.25, 0.3) is 0 Å². The molecule has 0 spiro atoms. The molecule has 6 nitrogen and oxygen atoms in total. The summed E-state index contributed by atoms with van der Waals surface area (Å²) in [6.07, 6.45) is 0. The van der Waals surface area contributed by atoms with Crippen molar-refractivity contribution in [3.05, 3.63) is 59.7 Å². The van der Waals surface area contributed by atoms with Crippen molar-refractivity contribution in [2.24, 2.45) is 0 Å². The molecule has 0 bridgehead atoms. The summed E-state index contributed by atoms with van der Waals surface area (Å²) in [6.45, 7) is 7.25. The van der Waals surface area contributed by atoms with Gasteiger partial charge in [0.25, 0.3) is 11.8 Å². The average molecular weight is 368 g/mol. The number of nitrogens with zero attached hydrogens (tertiary/aromatic N) is 2. The summed E-state index contributed by atoms with van der Waals surface area (Å²) in [5, 5.41) is 0. The maximum Gasteiger partial charge on any atom is 0.269 e. The van der Waals surface area contributed by atoms with Crippen molar-refractivity contribution in [3.8, 4) is 0 Å². The summed E-state index contributed by atoms with van der Waals surface area (Å²) in [6, 6.07) is 14.9. The minimum atomic E-state index is -0.361. The molecule has 0 aliphatic carbocycles. The van der Waals surface area contributed by atoms with Gasteiger partial charge in [-0.2, -0.15) is 0 Å². The number of hydrazine groups is 1. The maximum atomic E-state index is 12.3. The summed E-state index contributed by atoms with van der Waals surface area (Å²) in [5.41, 5.74) is 7.87. The Hall–Kier alpha value is -3.02. The van der Waals surface area contributed by atoms with Crippen LogP contribution in [0, 0.1) is 0 Å². The molecule has 2 N–H and O–H groups in total. The molecular formula is C21H28N4O2. The Bertz CT molecular complexity index is 785. The van der Waals surface area contributed by atoms with E-state index in [0.717, 1.165) is 17.9 Å².